The summed E-state index contributed by atoms with van der Waals surface area (Å²) in [4.78, 5) is 0. The van der Waals surface area contributed by atoms with Crippen LogP contribution < -0.4 is 4.74 Å². The summed E-state index contributed by atoms with van der Waals surface area (Å²) in [6, 6.07) is 11.7. The Kier molecular flexibility index (Phi) is 3.27. The van der Waals surface area contributed by atoms with E-state index in [0.29, 0.717) is 0 Å². The molecule has 0 saturated heterocycles. The summed E-state index contributed by atoms with van der Waals surface area (Å²) in [5.74, 6) is 0.775. The van der Waals surface area contributed by atoms with Crippen LogP contribution in [0.25, 0.3) is 5.69 Å². The number of aromatic nitrogens is 1. The number of benzene rings is 1. The molecule has 0 aliphatic carbocycles. The van der Waals surface area contributed by atoms with Gasteiger partial charge in [0.1, 0.15) is 11.9 Å². The molecule has 1 aromatic heterocycles. The lowest BCUT2D eigenvalue weighted by Crippen LogP contribution is -2.16. The standard InChI is InChI=1S/C13H15NO2/c1-11(10-15)16-13-6-4-12(5-7-13)14-8-2-3-9-14/h2-9,11,15H,10H2,1H3. The Morgan fingerprint density at radius 1 is 1.19 bits per heavy atom. The molecule has 3 nitrogen and oxygen atoms in total. The average Bonchev–Trinajstić information content (AvgIpc) is 2.83. The van der Waals surface area contributed by atoms with E-state index in [9.17, 15) is 0 Å². The fourth-order valence-corrected chi connectivity index (χ4v) is 1.47. The summed E-state index contributed by atoms with van der Waals surface area (Å²) in [7, 11) is 0. The van der Waals surface area contributed by atoms with Crippen molar-refractivity contribution in [3.05, 3.63) is 48.8 Å². The Morgan fingerprint density at radius 2 is 1.81 bits per heavy atom. The molecule has 1 unspecified atom stereocenters. The van der Waals surface area contributed by atoms with Crippen molar-refractivity contribution < 1.29 is 9.84 Å². The van der Waals surface area contributed by atoms with Gasteiger partial charge in [0.2, 0.25) is 0 Å². The van der Waals surface area contributed by atoms with Crippen LogP contribution in [0.2, 0.25) is 0 Å². The van der Waals surface area contributed by atoms with Crippen LogP contribution in [0.1, 0.15) is 6.92 Å². The van der Waals surface area contributed by atoms with Crippen LogP contribution in [0.4, 0.5) is 0 Å². The van der Waals surface area contributed by atoms with Gasteiger partial charge in [0, 0.05) is 18.1 Å². The lowest BCUT2D eigenvalue weighted by Gasteiger charge is -2.12. The van der Waals surface area contributed by atoms with Crippen molar-refractivity contribution in [1.29, 1.82) is 0 Å². The highest BCUT2D eigenvalue weighted by Crippen LogP contribution is 2.16. The highest BCUT2D eigenvalue weighted by atomic mass is 16.5. The quantitative estimate of drug-likeness (QED) is 0.852. The largest absolute Gasteiger partial charge is 0.488 e. The van der Waals surface area contributed by atoms with E-state index in [0.717, 1.165) is 11.4 Å². The van der Waals surface area contributed by atoms with Gasteiger partial charge in [0.05, 0.1) is 6.61 Å². The molecule has 3 heteroatoms. The first-order valence-corrected chi connectivity index (χ1v) is 5.30. The fourth-order valence-electron chi connectivity index (χ4n) is 1.47. The first kappa shape index (κ1) is 10.8. The molecule has 2 rings (SSSR count). The van der Waals surface area contributed by atoms with Gasteiger partial charge in [-0.1, -0.05) is 0 Å². The number of hydrogen-bond donors (Lipinski definition) is 1. The summed E-state index contributed by atoms with van der Waals surface area (Å²) >= 11 is 0. The minimum atomic E-state index is -0.169. The first-order valence-electron chi connectivity index (χ1n) is 5.30. The normalized spacial score (nSPS) is 12.4. The number of rotatable bonds is 4. The smallest absolute Gasteiger partial charge is 0.119 e. The molecule has 2 aromatic rings. The maximum Gasteiger partial charge on any atom is 0.119 e. The molecule has 0 spiro atoms. The third-order valence-electron chi connectivity index (χ3n) is 2.33. The van der Waals surface area contributed by atoms with E-state index in [1.165, 1.54) is 0 Å². The number of aliphatic hydroxyl groups is 1. The van der Waals surface area contributed by atoms with Gasteiger partial charge in [-0.2, -0.15) is 0 Å². The Labute approximate surface area is 94.9 Å². The second kappa shape index (κ2) is 4.86. The molecule has 1 aromatic carbocycles. The Hall–Kier alpha value is -1.74. The van der Waals surface area contributed by atoms with Crippen LogP contribution in [0.3, 0.4) is 0 Å². The molecule has 0 amide bonds. The van der Waals surface area contributed by atoms with Crippen molar-refractivity contribution in [2.45, 2.75) is 13.0 Å². The molecule has 1 heterocycles. The molecule has 0 radical (unpaired) electrons. The van der Waals surface area contributed by atoms with Gasteiger partial charge in [-0.3, -0.25) is 0 Å². The lowest BCUT2D eigenvalue weighted by molar-refractivity contribution is 0.130. The van der Waals surface area contributed by atoms with E-state index in [1.54, 1.807) is 0 Å². The van der Waals surface area contributed by atoms with E-state index >= 15 is 0 Å². The van der Waals surface area contributed by atoms with Gasteiger partial charge >= 0.3 is 0 Å². The van der Waals surface area contributed by atoms with Crippen molar-refractivity contribution in [1.82, 2.24) is 4.57 Å². The summed E-state index contributed by atoms with van der Waals surface area (Å²) < 4.78 is 7.50. The van der Waals surface area contributed by atoms with Gasteiger partial charge in [0.25, 0.3) is 0 Å². The Bertz CT molecular complexity index is 420. The first-order chi connectivity index (χ1) is 7.79. The topological polar surface area (TPSA) is 34.4 Å². The van der Waals surface area contributed by atoms with E-state index in [-0.39, 0.29) is 12.7 Å². The van der Waals surface area contributed by atoms with Crippen LogP contribution in [-0.2, 0) is 0 Å². The summed E-state index contributed by atoms with van der Waals surface area (Å²) in [5.41, 5.74) is 1.09. The molecule has 1 atom stereocenters. The van der Waals surface area contributed by atoms with Crippen molar-refractivity contribution in [3.63, 3.8) is 0 Å². The second-order valence-corrected chi connectivity index (χ2v) is 3.70. The number of hydrogen-bond acceptors (Lipinski definition) is 2. The average molecular weight is 217 g/mol. The predicted octanol–water partition coefficient (Wildman–Crippen LogP) is 2.24. The zero-order valence-corrected chi connectivity index (χ0v) is 9.21. The van der Waals surface area contributed by atoms with E-state index in [1.807, 2.05) is 60.3 Å². The summed E-state index contributed by atoms with van der Waals surface area (Å²) in [6.07, 6.45) is 3.82. The van der Waals surface area contributed by atoms with Gasteiger partial charge in [-0.25, -0.2) is 0 Å². The molecule has 84 valence electrons. The van der Waals surface area contributed by atoms with Gasteiger partial charge in [-0.15, -0.1) is 0 Å². The molecule has 0 aliphatic rings. The van der Waals surface area contributed by atoms with Crippen LogP contribution in [-0.4, -0.2) is 22.4 Å². The zero-order valence-electron chi connectivity index (χ0n) is 9.21. The molecule has 16 heavy (non-hydrogen) atoms. The number of nitrogens with zero attached hydrogens (tertiary/aromatic N) is 1. The minimum absolute atomic E-state index is 0.0271. The maximum absolute atomic E-state index is 8.87. The summed E-state index contributed by atoms with van der Waals surface area (Å²) in [5, 5.41) is 8.87. The Balaban J connectivity index is 2.11. The summed E-state index contributed by atoms with van der Waals surface area (Å²) in [6.45, 7) is 1.86. The SMILES string of the molecule is CC(CO)Oc1ccc(-n2cccc2)cc1. The molecule has 1 N–H and O–H groups in total. The predicted molar refractivity (Wildman–Crippen MR) is 62.9 cm³/mol. The van der Waals surface area contributed by atoms with E-state index < -0.39 is 0 Å². The van der Waals surface area contributed by atoms with E-state index in [4.69, 9.17) is 9.84 Å². The third kappa shape index (κ3) is 2.44. The maximum atomic E-state index is 8.87. The van der Waals surface area contributed by atoms with Crippen molar-refractivity contribution >= 4 is 0 Å². The number of ether oxygens (including phenoxy) is 1. The van der Waals surface area contributed by atoms with Crippen LogP contribution >= 0.6 is 0 Å². The second-order valence-electron chi connectivity index (χ2n) is 3.70. The zero-order chi connectivity index (χ0) is 11.4. The molecule has 0 bridgehead atoms. The molecule has 0 saturated carbocycles. The third-order valence-corrected chi connectivity index (χ3v) is 2.33. The van der Waals surface area contributed by atoms with Gasteiger partial charge in [-0.05, 0) is 43.3 Å². The number of aliphatic hydroxyl groups excluding tert-OH is 1. The fraction of sp³-hybridized carbons (Fsp3) is 0.231. The Morgan fingerprint density at radius 3 is 2.38 bits per heavy atom. The van der Waals surface area contributed by atoms with Crippen molar-refractivity contribution in [2.24, 2.45) is 0 Å². The van der Waals surface area contributed by atoms with Crippen molar-refractivity contribution in [2.75, 3.05) is 6.61 Å². The highest BCUT2D eigenvalue weighted by molar-refractivity contribution is 5.37. The molecule has 0 fully saturated rings. The van der Waals surface area contributed by atoms with Crippen LogP contribution in [0, 0.1) is 0 Å². The van der Waals surface area contributed by atoms with Crippen molar-refractivity contribution in [3.8, 4) is 11.4 Å². The van der Waals surface area contributed by atoms with Crippen LogP contribution in [0.5, 0.6) is 5.75 Å². The molecule has 0 aliphatic heterocycles. The highest BCUT2D eigenvalue weighted by Gasteiger charge is 2.01. The van der Waals surface area contributed by atoms with E-state index in [2.05, 4.69) is 0 Å². The van der Waals surface area contributed by atoms with Crippen LogP contribution in [0.15, 0.2) is 48.8 Å². The molecular weight excluding hydrogens is 202 g/mol. The van der Waals surface area contributed by atoms with Gasteiger partial charge < -0.3 is 14.4 Å². The lowest BCUT2D eigenvalue weighted by atomic mass is 10.3. The van der Waals surface area contributed by atoms with Gasteiger partial charge in [0.15, 0.2) is 0 Å². The monoisotopic (exact) mass is 217 g/mol. The molecular formula is C13H15NO2. The minimum Gasteiger partial charge on any atom is -0.488 e.